The molecule has 2 aromatic heterocycles. The van der Waals surface area contributed by atoms with Crippen molar-refractivity contribution in [2.75, 3.05) is 5.32 Å². The maximum atomic E-state index is 10.9. The fourth-order valence-corrected chi connectivity index (χ4v) is 2.81. The Labute approximate surface area is 125 Å². The minimum absolute atomic E-state index is 0.0788. The van der Waals surface area contributed by atoms with Crippen molar-refractivity contribution in [3.8, 4) is 0 Å². The van der Waals surface area contributed by atoms with Crippen molar-refractivity contribution < 1.29 is 9.90 Å². The number of carbonyl (C=O) groups is 1. The summed E-state index contributed by atoms with van der Waals surface area (Å²) in [6.45, 7) is 1.93. The summed E-state index contributed by atoms with van der Waals surface area (Å²) in [5.41, 5.74) is 0.996. The van der Waals surface area contributed by atoms with Crippen LogP contribution in [0.3, 0.4) is 0 Å². The Morgan fingerprint density at radius 1 is 1.24 bits per heavy atom. The van der Waals surface area contributed by atoms with E-state index in [1.807, 2.05) is 43.3 Å². The molecule has 0 bridgehead atoms. The van der Waals surface area contributed by atoms with Gasteiger partial charge in [0.05, 0.1) is 11.6 Å². The molecule has 0 aliphatic rings. The molecule has 0 saturated heterocycles. The highest BCUT2D eigenvalue weighted by Crippen LogP contribution is 2.23. The molecule has 0 radical (unpaired) electrons. The van der Waals surface area contributed by atoms with E-state index in [-0.39, 0.29) is 11.7 Å². The quantitative estimate of drug-likeness (QED) is 0.770. The molecule has 1 aromatic carbocycles. The molecule has 21 heavy (non-hydrogen) atoms. The topological polar surface area (TPSA) is 75.1 Å². The van der Waals surface area contributed by atoms with Crippen molar-refractivity contribution >= 4 is 34.0 Å². The molecule has 1 unspecified atom stereocenters. The van der Waals surface area contributed by atoms with Gasteiger partial charge in [-0.05, 0) is 25.1 Å². The number of para-hydroxylation sites is 1. The Bertz CT molecular complexity index is 800. The predicted octanol–water partition coefficient (Wildman–Crippen LogP) is 3.56. The largest absolute Gasteiger partial charge is 0.476 e. The van der Waals surface area contributed by atoms with Crippen LogP contribution in [0.2, 0.25) is 0 Å². The molecule has 0 aliphatic heterocycles. The van der Waals surface area contributed by atoms with Gasteiger partial charge >= 0.3 is 5.97 Å². The van der Waals surface area contributed by atoms with Gasteiger partial charge < -0.3 is 10.4 Å². The zero-order valence-electron chi connectivity index (χ0n) is 11.3. The van der Waals surface area contributed by atoms with E-state index >= 15 is 0 Å². The zero-order valence-corrected chi connectivity index (χ0v) is 12.1. The van der Waals surface area contributed by atoms with Gasteiger partial charge in [-0.25, -0.2) is 14.8 Å². The molecule has 0 spiro atoms. The highest BCUT2D eigenvalue weighted by atomic mass is 32.1. The molecule has 3 rings (SSSR count). The Morgan fingerprint density at radius 3 is 2.81 bits per heavy atom. The number of carboxylic acids is 1. The first-order valence-corrected chi connectivity index (χ1v) is 7.32. The number of fused-ring (bicyclic) bond motifs is 1. The third kappa shape index (κ3) is 2.85. The number of pyridine rings is 1. The summed E-state index contributed by atoms with van der Waals surface area (Å²) in [4.78, 5) is 19.5. The number of hydrogen-bond donors (Lipinski definition) is 2. The monoisotopic (exact) mass is 299 g/mol. The molecule has 2 N–H and O–H groups in total. The molecule has 0 saturated carbocycles. The smallest absolute Gasteiger partial charge is 0.355 e. The molecule has 106 valence electrons. The summed E-state index contributed by atoms with van der Waals surface area (Å²) >= 11 is 1.33. The van der Waals surface area contributed by atoms with Gasteiger partial charge in [-0.3, -0.25) is 0 Å². The summed E-state index contributed by atoms with van der Waals surface area (Å²) < 4.78 is 0. The van der Waals surface area contributed by atoms with E-state index in [1.165, 1.54) is 11.3 Å². The number of aromatic carboxylic acids is 1. The fourth-order valence-electron chi connectivity index (χ4n) is 2.01. The lowest BCUT2D eigenvalue weighted by Crippen LogP contribution is -2.08. The molecule has 6 heteroatoms. The second-order valence-corrected chi connectivity index (χ2v) is 5.52. The Kier molecular flexibility index (Phi) is 3.53. The van der Waals surface area contributed by atoms with Crippen molar-refractivity contribution in [3.63, 3.8) is 0 Å². The maximum absolute atomic E-state index is 10.9. The number of hydrogen-bond acceptors (Lipinski definition) is 5. The third-order valence-corrected chi connectivity index (χ3v) is 4.10. The van der Waals surface area contributed by atoms with E-state index in [4.69, 9.17) is 5.11 Å². The molecule has 1 atom stereocenters. The molecule has 0 amide bonds. The highest BCUT2D eigenvalue weighted by molar-refractivity contribution is 7.09. The van der Waals surface area contributed by atoms with Crippen molar-refractivity contribution in [2.45, 2.75) is 13.0 Å². The van der Waals surface area contributed by atoms with Crippen LogP contribution in [0.1, 0.15) is 28.5 Å². The van der Waals surface area contributed by atoms with Crippen molar-refractivity contribution in [1.29, 1.82) is 0 Å². The molecule has 5 nitrogen and oxygen atoms in total. The van der Waals surface area contributed by atoms with Crippen LogP contribution >= 0.6 is 11.3 Å². The van der Waals surface area contributed by atoms with Crippen LogP contribution in [0.15, 0.2) is 41.8 Å². The summed E-state index contributed by atoms with van der Waals surface area (Å²) in [7, 11) is 0. The molecular weight excluding hydrogens is 286 g/mol. The van der Waals surface area contributed by atoms with Gasteiger partial charge in [-0.1, -0.05) is 18.2 Å². The van der Waals surface area contributed by atoms with Gasteiger partial charge in [0, 0.05) is 10.8 Å². The number of carboxylic acid groups (broad SMARTS) is 1. The van der Waals surface area contributed by atoms with E-state index in [0.717, 1.165) is 21.7 Å². The first kappa shape index (κ1) is 13.5. The summed E-state index contributed by atoms with van der Waals surface area (Å²) in [5.74, 6) is -0.262. The number of thiazole rings is 1. The number of anilines is 1. The van der Waals surface area contributed by atoms with Crippen LogP contribution in [0.4, 0.5) is 5.82 Å². The Hall–Kier alpha value is -2.47. The van der Waals surface area contributed by atoms with Gasteiger partial charge in [0.25, 0.3) is 0 Å². The second-order valence-electron chi connectivity index (χ2n) is 4.63. The van der Waals surface area contributed by atoms with Gasteiger partial charge in [-0.2, -0.15) is 0 Å². The molecule has 0 fully saturated rings. The fraction of sp³-hybridized carbons (Fsp3) is 0.133. The van der Waals surface area contributed by atoms with Crippen molar-refractivity contribution in [2.24, 2.45) is 0 Å². The van der Waals surface area contributed by atoms with E-state index in [9.17, 15) is 4.79 Å². The number of nitrogens with zero attached hydrogens (tertiary/aromatic N) is 2. The number of nitrogens with one attached hydrogen (secondary N) is 1. The van der Waals surface area contributed by atoms with Gasteiger partial charge in [0.2, 0.25) is 0 Å². The van der Waals surface area contributed by atoms with Gasteiger partial charge in [-0.15, -0.1) is 11.3 Å². The first-order chi connectivity index (χ1) is 10.1. The molecule has 2 heterocycles. The minimum atomic E-state index is -1.01. The average Bonchev–Trinajstić information content (AvgIpc) is 2.97. The summed E-state index contributed by atoms with van der Waals surface area (Å²) in [6.07, 6.45) is 0. The lowest BCUT2D eigenvalue weighted by atomic mass is 10.2. The SMILES string of the molecule is CC(Nc1ccc2ccccc2n1)c1nc(C(=O)O)cs1. The van der Waals surface area contributed by atoms with Crippen molar-refractivity contribution in [3.05, 3.63) is 52.5 Å². The Balaban J connectivity index is 1.81. The van der Waals surface area contributed by atoms with Gasteiger partial charge in [0.15, 0.2) is 5.69 Å². The molecule has 0 aliphatic carbocycles. The molecular formula is C15H13N3O2S. The van der Waals surface area contributed by atoms with Crippen LogP contribution < -0.4 is 5.32 Å². The van der Waals surface area contributed by atoms with Crippen LogP contribution in [-0.4, -0.2) is 21.0 Å². The normalized spacial score (nSPS) is 12.2. The van der Waals surface area contributed by atoms with E-state index in [1.54, 1.807) is 5.38 Å². The van der Waals surface area contributed by atoms with Crippen LogP contribution in [-0.2, 0) is 0 Å². The van der Waals surface area contributed by atoms with E-state index < -0.39 is 5.97 Å². The number of aromatic nitrogens is 2. The minimum Gasteiger partial charge on any atom is -0.476 e. The predicted molar refractivity (Wildman–Crippen MR) is 82.9 cm³/mol. The Morgan fingerprint density at radius 2 is 2.05 bits per heavy atom. The van der Waals surface area contributed by atoms with Crippen LogP contribution in [0.5, 0.6) is 0 Å². The van der Waals surface area contributed by atoms with Crippen LogP contribution in [0, 0.1) is 0 Å². The van der Waals surface area contributed by atoms with E-state index in [0.29, 0.717) is 0 Å². The van der Waals surface area contributed by atoms with E-state index in [2.05, 4.69) is 15.3 Å². The lowest BCUT2D eigenvalue weighted by Gasteiger charge is -2.12. The van der Waals surface area contributed by atoms with Crippen LogP contribution in [0.25, 0.3) is 10.9 Å². The average molecular weight is 299 g/mol. The maximum Gasteiger partial charge on any atom is 0.355 e. The van der Waals surface area contributed by atoms with Gasteiger partial charge in [0.1, 0.15) is 10.8 Å². The summed E-state index contributed by atoms with van der Waals surface area (Å²) in [5, 5.41) is 15.5. The highest BCUT2D eigenvalue weighted by Gasteiger charge is 2.14. The second kappa shape index (κ2) is 5.49. The third-order valence-electron chi connectivity index (χ3n) is 3.07. The summed E-state index contributed by atoms with van der Waals surface area (Å²) in [6, 6.07) is 11.7. The zero-order chi connectivity index (χ0) is 14.8. The number of benzene rings is 1. The standard InChI is InChI=1S/C15H13N3O2S/c1-9(14-18-12(8-21-14)15(19)20)16-13-7-6-10-4-2-3-5-11(10)17-13/h2-9H,1H3,(H,16,17)(H,19,20). The van der Waals surface area contributed by atoms with Crippen molar-refractivity contribution in [1.82, 2.24) is 9.97 Å². The molecule has 3 aromatic rings. The lowest BCUT2D eigenvalue weighted by molar-refractivity contribution is 0.0691. The first-order valence-electron chi connectivity index (χ1n) is 6.44. The number of rotatable bonds is 4.